The summed E-state index contributed by atoms with van der Waals surface area (Å²) in [6, 6.07) is 3.68. The summed E-state index contributed by atoms with van der Waals surface area (Å²) in [4.78, 5) is 0. The third kappa shape index (κ3) is 2.34. The quantitative estimate of drug-likeness (QED) is 0.890. The van der Waals surface area contributed by atoms with E-state index in [1.54, 1.807) is 7.11 Å². The summed E-state index contributed by atoms with van der Waals surface area (Å²) < 4.78 is 16.2. The van der Waals surface area contributed by atoms with Gasteiger partial charge in [-0.05, 0) is 36.5 Å². The van der Waals surface area contributed by atoms with Gasteiger partial charge < -0.3 is 25.1 Å². The molecule has 0 radical (unpaired) electrons. The Labute approximate surface area is 125 Å². The molecule has 3 unspecified atom stereocenters. The number of benzene rings is 1. The lowest BCUT2D eigenvalue weighted by Gasteiger charge is -2.33. The van der Waals surface area contributed by atoms with E-state index in [1.807, 2.05) is 12.1 Å². The maximum absolute atomic E-state index is 10.9. The van der Waals surface area contributed by atoms with Crippen LogP contribution in [0.15, 0.2) is 12.1 Å². The van der Waals surface area contributed by atoms with Gasteiger partial charge in [0, 0.05) is 12.0 Å². The molecule has 0 amide bonds. The smallest absolute Gasteiger partial charge is 0.231 e. The molecule has 1 aliphatic heterocycles. The second-order valence-electron chi connectivity index (χ2n) is 6.27. The second kappa shape index (κ2) is 5.39. The van der Waals surface area contributed by atoms with Gasteiger partial charge in [-0.1, -0.05) is 13.3 Å². The molecule has 2 aliphatic rings. The van der Waals surface area contributed by atoms with Crippen LogP contribution >= 0.6 is 0 Å². The van der Waals surface area contributed by atoms with Crippen molar-refractivity contribution in [2.24, 2.45) is 17.1 Å². The maximum Gasteiger partial charge on any atom is 0.231 e. The van der Waals surface area contributed by atoms with Crippen molar-refractivity contribution in [1.82, 2.24) is 0 Å². The Balaban J connectivity index is 1.96. The van der Waals surface area contributed by atoms with Crippen LogP contribution in [-0.2, 0) is 0 Å². The largest absolute Gasteiger partial charge is 0.493 e. The third-order valence-electron chi connectivity index (χ3n) is 4.87. The van der Waals surface area contributed by atoms with Crippen LogP contribution in [0.5, 0.6) is 17.2 Å². The van der Waals surface area contributed by atoms with Gasteiger partial charge in [0.25, 0.3) is 0 Å². The molecule has 1 heterocycles. The first-order valence-electron chi connectivity index (χ1n) is 7.45. The van der Waals surface area contributed by atoms with E-state index in [2.05, 4.69) is 6.92 Å². The van der Waals surface area contributed by atoms with E-state index >= 15 is 0 Å². The van der Waals surface area contributed by atoms with Crippen molar-refractivity contribution in [2.45, 2.75) is 32.3 Å². The molecule has 0 saturated heterocycles. The fourth-order valence-corrected chi connectivity index (χ4v) is 3.64. The Morgan fingerprint density at radius 1 is 1.48 bits per heavy atom. The molecule has 1 aromatic rings. The van der Waals surface area contributed by atoms with Crippen molar-refractivity contribution >= 4 is 0 Å². The summed E-state index contributed by atoms with van der Waals surface area (Å²) >= 11 is 0. The zero-order chi connectivity index (χ0) is 15.0. The summed E-state index contributed by atoms with van der Waals surface area (Å²) in [6.45, 7) is 2.88. The van der Waals surface area contributed by atoms with Gasteiger partial charge in [0.15, 0.2) is 11.5 Å². The van der Waals surface area contributed by atoms with Gasteiger partial charge in [0.1, 0.15) is 0 Å². The lowest BCUT2D eigenvalue weighted by atomic mass is 9.76. The molecule has 0 aromatic heterocycles. The first-order chi connectivity index (χ1) is 10.1. The molecule has 1 saturated carbocycles. The van der Waals surface area contributed by atoms with E-state index in [0.29, 0.717) is 29.7 Å². The van der Waals surface area contributed by atoms with Crippen LogP contribution in [0.4, 0.5) is 0 Å². The van der Waals surface area contributed by atoms with Crippen LogP contribution in [0.2, 0.25) is 0 Å². The molecular weight excluding hydrogens is 270 g/mol. The molecule has 116 valence electrons. The highest BCUT2D eigenvalue weighted by molar-refractivity contribution is 5.55. The molecule has 1 aliphatic carbocycles. The van der Waals surface area contributed by atoms with Gasteiger partial charge in [-0.3, -0.25) is 0 Å². The first-order valence-corrected chi connectivity index (χ1v) is 7.45. The van der Waals surface area contributed by atoms with E-state index in [4.69, 9.17) is 19.9 Å². The Hall–Kier alpha value is -1.46. The molecule has 1 fully saturated rings. The van der Waals surface area contributed by atoms with E-state index in [1.165, 1.54) is 0 Å². The molecule has 3 rings (SSSR count). The zero-order valence-corrected chi connectivity index (χ0v) is 12.6. The van der Waals surface area contributed by atoms with Crippen molar-refractivity contribution < 1.29 is 19.3 Å². The van der Waals surface area contributed by atoms with Gasteiger partial charge >= 0.3 is 0 Å². The number of hydrogen-bond donors (Lipinski definition) is 2. The fourth-order valence-electron chi connectivity index (χ4n) is 3.64. The SMILES string of the molecule is COc1cc(C(O)C2(CN)CCC(C)C2)cc2c1OCO2. The Kier molecular flexibility index (Phi) is 3.71. The molecule has 3 atom stereocenters. The lowest BCUT2D eigenvalue weighted by Crippen LogP contribution is -2.34. The van der Waals surface area contributed by atoms with E-state index in [9.17, 15) is 5.11 Å². The summed E-state index contributed by atoms with van der Waals surface area (Å²) in [5.74, 6) is 2.42. The van der Waals surface area contributed by atoms with Crippen molar-refractivity contribution in [1.29, 1.82) is 0 Å². The Morgan fingerprint density at radius 3 is 2.90 bits per heavy atom. The third-order valence-corrected chi connectivity index (χ3v) is 4.87. The lowest BCUT2D eigenvalue weighted by molar-refractivity contribution is 0.0305. The standard InChI is InChI=1S/C16H23NO4/c1-10-3-4-16(7-10,8-17)15(18)11-5-12(19-2)14-13(6-11)20-9-21-14/h5-6,10,15,18H,3-4,7-9,17H2,1-2H3. The van der Waals surface area contributed by atoms with Gasteiger partial charge in [-0.2, -0.15) is 0 Å². The number of aliphatic hydroxyl groups is 1. The minimum absolute atomic E-state index is 0.185. The molecule has 1 aromatic carbocycles. The summed E-state index contributed by atoms with van der Waals surface area (Å²) in [6.07, 6.45) is 2.39. The summed E-state index contributed by atoms with van der Waals surface area (Å²) in [5, 5.41) is 10.9. The molecule has 21 heavy (non-hydrogen) atoms. The molecule has 5 nitrogen and oxygen atoms in total. The van der Waals surface area contributed by atoms with Gasteiger partial charge in [-0.15, -0.1) is 0 Å². The second-order valence-corrected chi connectivity index (χ2v) is 6.27. The number of fused-ring (bicyclic) bond motifs is 1. The number of hydrogen-bond acceptors (Lipinski definition) is 5. The van der Waals surface area contributed by atoms with E-state index in [0.717, 1.165) is 24.8 Å². The van der Waals surface area contributed by atoms with Crippen LogP contribution in [-0.4, -0.2) is 25.6 Å². The maximum atomic E-state index is 10.9. The number of ether oxygens (including phenoxy) is 3. The fraction of sp³-hybridized carbons (Fsp3) is 0.625. The van der Waals surface area contributed by atoms with Crippen LogP contribution in [0.25, 0.3) is 0 Å². The number of nitrogens with two attached hydrogens (primary N) is 1. The summed E-state index contributed by atoms with van der Waals surface area (Å²) in [7, 11) is 1.59. The van der Waals surface area contributed by atoms with Crippen LogP contribution in [0.1, 0.15) is 37.9 Å². The highest BCUT2D eigenvalue weighted by Crippen LogP contribution is 2.51. The minimum atomic E-state index is -0.615. The topological polar surface area (TPSA) is 73.9 Å². The van der Waals surface area contributed by atoms with Gasteiger partial charge in [-0.25, -0.2) is 0 Å². The average molecular weight is 293 g/mol. The number of rotatable bonds is 4. The molecule has 0 spiro atoms. The predicted octanol–water partition coefficient (Wildman–Crippen LogP) is 2.22. The Bertz CT molecular complexity index is 533. The van der Waals surface area contributed by atoms with Crippen molar-refractivity contribution in [3.8, 4) is 17.2 Å². The highest BCUT2D eigenvalue weighted by Gasteiger charge is 2.43. The van der Waals surface area contributed by atoms with E-state index < -0.39 is 6.10 Å². The normalized spacial score (nSPS) is 28.7. The number of methoxy groups -OCH3 is 1. The van der Waals surface area contributed by atoms with Crippen LogP contribution < -0.4 is 19.9 Å². The highest BCUT2D eigenvalue weighted by atomic mass is 16.7. The predicted molar refractivity (Wildman–Crippen MR) is 78.6 cm³/mol. The van der Waals surface area contributed by atoms with Crippen molar-refractivity contribution in [3.05, 3.63) is 17.7 Å². The molecule has 0 bridgehead atoms. The first kappa shape index (κ1) is 14.5. The monoisotopic (exact) mass is 293 g/mol. The van der Waals surface area contributed by atoms with Crippen LogP contribution in [0.3, 0.4) is 0 Å². The van der Waals surface area contributed by atoms with Crippen molar-refractivity contribution in [2.75, 3.05) is 20.4 Å². The van der Waals surface area contributed by atoms with Gasteiger partial charge in [0.05, 0.1) is 13.2 Å². The van der Waals surface area contributed by atoms with Crippen molar-refractivity contribution in [3.63, 3.8) is 0 Å². The van der Waals surface area contributed by atoms with Crippen LogP contribution in [0, 0.1) is 11.3 Å². The Morgan fingerprint density at radius 2 is 2.29 bits per heavy atom. The zero-order valence-electron chi connectivity index (χ0n) is 12.6. The summed E-state index contributed by atoms with van der Waals surface area (Å²) in [5.41, 5.74) is 6.54. The number of aliphatic hydroxyl groups excluding tert-OH is 1. The molecule has 5 heteroatoms. The van der Waals surface area contributed by atoms with E-state index in [-0.39, 0.29) is 12.2 Å². The average Bonchev–Trinajstić information content (AvgIpc) is 3.12. The van der Waals surface area contributed by atoms with Gasteiger partial charge in [0.2, 0.25) is 12.5 Å². The molecule has 3 N–H and O–H groups in total. The minimum Gasteiger partial charge on any atom is -0.493 e. The molecular formula is C16H23NO4.